The Morgan fingerprint density at radius 2 is 1.93 bits per heavy atom. The molecule has 0 fully saturated rings. The summed E-state index contributed by atoms with van der Waals surface area (Å²) in [5.74, 6) is -0.356. The Balaban J connectivity index is 1.64. The lowest BCUT2D eigenvalue weighted by Crippen LogP contribution is -2.30. The summed E-state index contributed by atoms with van der Waals surface area (Å²) in [5.41, 5.74) is 2.83. The summed E-state index contributed by atoms with van der Waals surface area (Å²) >= 11 is 1.60. The van der Waals surface area contributed by atoms with Gasteiger partial charge in [0.1, 0.15) is 12.4 Å². The number of benzene rings is 2. The van der Waals surface area contributed by atoms with Gasteiger partial charge >= 0.3 is 0 Å². The van der Waals surface area contributed by atoms with E-state index >= 15 is 0 Å². The lowest BCUT2D eigenvalue weighted by atomic mass is 10.1. The summed E-state index contributed by atoms with van der Waals surface area (Å²) in [6.45, 7) is 2.15. The molecule has 1 amide bonds. The van der Waals surface area contributed by atoms with Crippen molar-refractivity contribution in [2.45, 2.75) is 19.5 Å². The van der Waals surface area contributed by atoms with Crippen LogP contribution in [0.5, 0.6) is 0 Å². The Hall–Kier alpha value is -2.92. The summed E-state index contributed by atoms with van der Waals surface area (Å²) in [4.78, 5) is 13.8. The van der Waals surface area contributed by atoms with Crippen LogP contribution in [-0.4, -0.2) is 10.5 Å². The molecule has 2 aromatic heterocycles. The van der Waals surface area contributed by atoms with Crippen molar-refractivity contribution < 1.29 is 9.18 Å². The number of hydrogen-bond donors (Lipinski definition) is 1. The summed E-state index contributed by atoms with van der Waals surface area (Å²) in [6.07, 6.45) is 0. The Bertz CT molecular complexity index is 1070. The van der Waals surface area contributed by atoms with Crippen LogP contribution in [0.25, 0.3) is 21.5 Å². The Morgan fingerprint density at radius 1 is 1.11 bits per heavy atom. The minimum Gasteiger partial charge on any atom is -0.348 e. The third-order valence-corrected chi connectivity index (χ3v) is 5.51. The SMILES string of the molecule is C[C@@H](NC(=O)Cn1c(-c2cccs2)cc2cc(F)ccc21)c1ccccc1. The van der Waals surface area contributed by atoms with E-state index in [1.807, 2.05) is 65.4 Å². The predicted octanol–water partition coefficient (Wildman–Crippen LogP) is 5.39. The molecule has 0 spiro atoms. The fourth-order valence-corrected chi connectivity index (χ4v) is 4.05. The molecule has 3 nitrogen and oxygen atoms in total. The standard InChI is InChI=1S/C22H19FN2OS/c1-15(16-6-3-2-4-7-16)24-22(26)14-25-19-10-9-18(23)12-17(19)13-20(25)21-8-5-11-27-21/h2-13,15H,14H2,1H3,(H,24,26)/t15-/m1/s1. The fourth-order valence-electron chi connectivity index (χ4n) is 3.30. The highest BCUT2D eigenvalue weighted by Gasteiger charge is 2.16. The molecule has 0 aliphatic rings. The van der Waals surface area contributed by atoms with Crippen molar-refractivity contribution in [1.29, 1.82) is 0 Å². The van der Waals surface area contributed by atoms with Crippen molar-refractivity contribution >= 4 is 28.1 Å². The van der Waals surface area contributed by atoms with Crippen molar-refractivity contribution in [3.05, 3.63) is 83.5 Å². The van der Waals surface area contributed by atoms with Gasteiger partial charge in [-0.05, 0) is 48.2 Å². The Labute approximate surface area is 161 Å². The molecule has 0 saturated carbocycles. The molecule has 2 aromatic carbocycles. The van der Waals surface area contributed by atoms with Crippen LogP contribution >= 0.6 is 11.3 Å². The molecule has 1 N–H and O–H groups in total. The van der Waals surface area contributed by atoms with Gasteiger partial charge in [0.25, 0.3) is 0 Å². The number of hydrogen-bond acceptors (Lipinski definition) is 2. The van der Waals surface area contributed by atoms with Crippen LogP contribution in [0.1, 0.15) is 18.5 Å². The molecule has 0 saturated heterocycles. The number of fused-ring (bicyclic) bond motifs is 1. The third kappa shape index (κ3) is 3.64. The van der Waals surface area contributed by atoms with Gasteiger partial charge in [-0.15, -0.1) is 11.3 Å². The van der Waals surface area contributed by atoms with Crippen LogP contribution in [0.15, 0.2) is 72.1 Å². The van der Waals surface area contributed by atoms with Crippen LogP contribution in [0.3, 0.4) is 0 Å². The largest absolute Gasteiger partial charge is 0.348 e. The molecular weight excluding hydrogens is 359 g/mol. The molecule has 0 radical (unpaired) electrons. The van der Waals surface area contributed by atoms with Gasteiger partial charge in [0, 0.05) is 10.9 Å². The zero-order chi connectivity index (χ0) is 18.8. The smallest absolute Gasteiger partial charge is 0.240 e. The Morgan fingerprint density at radius 3 is 2.67 bits per heavy atom. The molecule has 27 heavy (non-hydrogen) atoms. The number of carbonyl (C=O) groups is 1. The second-order valence-electron chi connectivity index (χ2n) is 6.50. The van der Waals surface area contributed by atoms with E-state index in [1.165, 1.54) is 12.1 Å². The number of halogens is 1. The first-order valence-electron chi connectivity index (χ1n) is 8.79. The van der Waals surface area contributed by atoms with Gasteiger partial charge in [-0.25, -0.2) is 4.39 Å². The van der Waals surface area contributed by atoms with E-state index in [2.05, 4.69) is 5.32 Å². The van der Waals surface area contributed by atoms with Crippen LogP contribution in [0, 0.1) is 5.82 Å². The molecule has 0 aliphatic carbocycles. The normalized spacial score (nSPS) is 12.2. The molecule has 0 unspecified atom stereocenters. The molecule has 5 heteroatoms. The van der Waals surface area contributed by atoms with Gasteiger partial charge in [0.15, 0.2) is 0 Å². The molecular formula is C22H19FN2OS. The summed E-state index contributed by atoms with van der Waals surface area (Å²) in [6, 6.07) is 20.4. The van der Waals surface area contributed by atoms with E-state index in [1.54, 1.807) is 17.4 Å². The molecule has 4 rings (SSSR count). The predicted molar refractivity (Wildman–Crippen MR) is 108 cm³/mol. The van der Waals surface area contributed by atoms with Crippen molar-refractivity contribution in [1.82, 2.24) is 9.88 Å². The van der Waals surface area contributed by atoms with Crippen LogP contribution in [-0.2, 0) is 11.3 Å². The van der Waals surface area contributed by atoms with E-state index in [-0.39, 0.29) is 24.3 Å². The van der Waals surface area contributed by atoms with Gasteiger partial charge in [-0.3, -0.25) is 4.79 Å². The fraction of sp³-hybridized carbons (Fsp3) is 0.136. The van der Waals surface area contributed by atoms with Gasteiger partial charge in [-0.2, -0.15) is 0 Å². The van der Waals surface area contributed by atoms with E-state index in [4.69, 9.17) is 0 Å². The first-order chi connectivity index (χ1) is 13.1. The summed E-state index contributed by atoms with van der Waals surface area (Å²) < 4.78 is 15.6. The zero-order valence-corrected chi connectivity index (χ0v) is 15.7. The molecule has 0 aliphatic heterocycles. The number of nitrogens with one attached hydrogen (secondary N) is 1. The molecule has 136 valence electrons. The highest BCUT2D eigenvalue weighted by Crippen LogP contribution is 2.31. The highest BCUT2D eigenvalue weighted by atomic mass is 32.1. The summed E-state index contributed by atoms with van der Waals surface area (Å²) in [5, 5.41) is 5.84. The first-order valence-corrected chi connectivity index (χ1v) is 9.67. The van der Waals surface area contributed by atoms with Gasteiger partial charge < -0.3 is 9.88 Å². The van der Waals surface area contributed by atoms with Gasteiger partial charge in [0.2, 0.25) is 5.91 Å². The zero-order valence-electron chi connectivity index (χ0n) is 14.9. The van der Waals surface area contributed by atoms with Crippen LogP contribution < -0.4 is 5.32 Å². The number of nitrogens with zero attached hydrogens (tertiary/aromatic N) is 1. The number of aromatic nitrogens is 1. The maximum Gasteiger partial charge on any atom is 0.240 e. The van der Waals surface area contributed by atoms with Crippen molar-refractivity contribution in [3.63, 3.8) is 0 Å². The number of amides is 1. The summed E-state index contributed by atoms with van der Waals surface area (Å²) in [7, 11) is 0. The number of thiophene rings is 1. The maximum atomic E-state index is 13.7. The lowest BCUT2D eigenvalue weighted by molar-refractivity contribution is -0.122. The van der Waals surface area contributed by atoms with E-state index < -0.39 is 0 Å². The van der Waals surface area contributed by atoms with Crippen molar-refractivity contribution in [2.75, 3.05) is 0 Å². The lowest BCUT2D eigenvalue weighted by Gasteiger charge is -2.16. The van der Waals surface area contributed by atoms with Crippen LogP contribution in [0.2, 0.25) is 0 Å². The van der Waals surface area contributed by atoms with E-state index in [0.717, 1.165) is 27.0 Å². The topological polar surface area (TPSA) is 34.0 Å². The van der Waals surface area contributed by atoms with Crippen LogP contribution in [0.4, 0.5) is 4.39 Å². The first kappa shape index (κ1) is 17.5. The average molecular weight is 378 g/mol. The second-order valence-corrected chi connectivity index (χ2v) is 7.44. The van der Waals surface area contributed by atoms with Gasteiger partial charge in [0.05, 0.1) is 16.6 Å². The average Bonchev–Trinajstić information content (AvgIpc) is 3.30. The second kappa shape index (κ2) is 7.37. The molecule has 4 aromatic rings. The van der Waals surface area contributed by atoms with E-state index in [9.17, 15) is 9.18 Å². The molecule has 0 bridgehead atoms. The Kier molecular flexibility index (Phi) is 4.77. The van der Waals surface area contributed by atoms with Crippen molar-refractivity contribution in [2.24, 2.45) is 0 Å². The highest BCUT2D eigenvalue weighted by molar-refractivity contribution is 7.13. The number of carbonyl (C=O) groups excluding carboxylic acids is 1. The molecule has 1 atom stereocenters. The minimum absolute atomic E-state index is 0.0778. The minimum atomic E-state index is -0.278. The number of rotatable bonds is 5. The maximum absolute atomic E-state index is 13.7. The monoisotopic (exact) mass is 378 g/mol. The third-order valence-electron chi connectivity index (χ3n) is 4.62. The van der Waals surface area contributed by atoms with E-state index in [0.29, 0.717) is 0 Å². The van der Waals surface area contributed by atoms with Crippen molar-refractivity contribution in [3.8, 4) is 10.6 Å². The van der Waals surface area contributed by atoms with Gasteiger partial charge in [-0.1, -0.05) is 36.4 Å². The quantitative estimate of drug-likeness (QED) is 0.497. The molecule has 2 heterocycles.